The first-order valence-electron chi connectivity index (χ1n) is 29.7. The number of benzene rings is 1. The summed E-state index contributed by atoms with van der Waals surface area (Å²) >= 11 is 0. The number of carboxylic acids is 1. The van der Waals surface area contributed by atoms with Gasteiger partial charge in [-0.25, -0.2) is 9.78 Å². The van der Waals surface area contributed by atoms with E-state index in [0.717, 1.165) is 0 Å². The van der Waals surface area contributed by atoms with Crippen molar-refractivity contribution >= 4 is 65.0 Å². The van der Waals surface area contributed by atoms with E-state index < -0.39 is 163 Å². The number of hydrogen-bond donors (Lipinski definition) is 17. The zero-order chi connectivity index (χ0) is 66.3. The van der Waals surface area contributed by atoms with Gasteiger partial charge in [-0.05, 0) is 87.3 Å². The Hall–Kier alpha value is -7.80. The van der Waals surface area contributed by atoms with E-state index in [1.807, 2.05) is 0 Å². The molecule has 0 saturated carbocycles. The smallest absolute Gasteiger partial charge is 0.328 e. The monoisotopic (exact) mass is 1240 g/mol. The molecule has 1 aliphatic heterocycles. The van der Waals surface area contributed by atoms with Crippen LogP contribution in [0.2, 0.25) is 0 Å². The number of nitrogens with zero attached hydrogens (tertiary/aromatic N) is 2. The molecule has 88 heavy (non-hydrogen) atoms. The minimum absolute atomic E-state index is 0.0174. The van der Waals surface area contributed by atoms with Gasteiger partial charge >= 0.3 is 5.97 Å². The van der Waals surface area contributed by atoms with Crippen molar-refractivity contribution in [2.75, 3.05) is 19.8 Å². The number of hydrogen-bond acceptors (Lipinski definition) is 18. The summed E-state index contributed by atoms with van der Waals surface area (Å²) in [5.41, 5.74) is 6.58. The van der Waals surface area contributed by atoms with Crippen LogP contribution in [0.15, 0.2) is 36.8 Å². The average molecular weight is 1240 g/mol. The summed E-state index contributed by atoms with van der Waals surface area (Å²) in [6, 6.07) is -10.4. The third-order valence-electron chi connectivity index (χ3n) is 14.7. The van der Waals surface area contributed by atoms with Crippen LogP contribution in [0.25, 0.3) is 0 Å². The number of likely N-dealkylation sites (tertiary alicyclic amines) is 1. The molecule has 10 amide bonds. The number of H-pyrrole nitrogens is 1. The van der Waals surface area contributed by atoms with Crippen molar-refractivity contribution in [2.45, 2.75) is 199 Å². The lowest BCUT2D eigenvalue weighted by atomic mass is 9.96. The molecule has 0 unspecified atom stereocenters. The summed E-state index contributed by atoms with van der Waals surface area (Å²) < 4.78 is 0. The molecule has 0 radical (unpaired) electrons. The number of phenols is 1. The standard InChI is InChI=1S/C58H93N13O17/c1-11-31(8)45(68-56(85)47(33(10)75)70-53(82)44-13-12-18-71(44)57(86)42(23-35-24-60-27-61-35)66-48(77)37(59)25-72)54(83)64-39(20-29(4)5)50(79)63-41(22-34-14-16-36(76)17-15-34)52(81)69-46(32(9)74)55(84)65-40(21-30(6)7)49(78)62-38(19-28(2)3)51(80)67-43(26-73)58(87)88/h14-17,24,27-33,37-47,72-76H,11-13,18-23,25-26,59H2,1-10H3,(H,60,61)(H,62,78)(H,63,79)(H,64,83)(H,65,84)(H,66,77)(H,67,80)(H,68,85)(H,69,81)(H,70,82)(H,87,88)/t31-,32+,33+,37-,38-,39-,40-,41-,42-,43-,44-,45-,46-,47-/m0/s1. The number of amides is 10. The summed E-state index contributed by atoms with van der Waals surface area (Å²) in [5, 5.41) is 83.2. The Kier molecular flexibility index (Phi) is 30.3. The zero-order valence-corrected chi connectivity index (χ0v) is 51.7. The van der Waals surface area contributed by atoms with Gasteiger partial charge in [0.15, 0.2) is 0 Å². The summed E-state index contributed by atoms with van der Waals surface area (Å²) in [7, 11) is 0. The zero-order valence-electron chi connectivity index (χ0n) is 51.7. The molecule has 30 nitrogen and oxygen atoms in total. The van der Waals surface area contributed by atoms with E-state index in [-0.39, 0.29) is 75.0 Å². The number of carboxylic acid groups (broad SMARTS) is 1. The Morgan fingerprint density at radius 3 is 1.48 bits per heavy atom. The number of aliphatic hydroxyl groups is 4. The molecule has 18 N–H and O–H groups in total. The van der Waals surface area contributed by atoms with Crippen LogP contribution in [-0.2, 0) is 65.6 Å². The summed E-state index contributed by atoms with van der Waals surface area (Å²) in [5.74, 6) is -12.0. The highest BCUT2D eigenvalue weighted by atomic mass is 16.4. The van der Waals surface area contributed by atoms with Crippen molar-refractivity contribution in [3.63, 3.8) is 0 Å². The van der Waals surface area contributed by atoms with Gasteiger partial charge in [-0.1, -0.05) is 73.9 Å². The molecule has 1 fully saturated rings. The van der Waals surface area contributed by atoms with Crippen LogP contribution in [0.5, 0.6) is 5.75 Å². The number of phenolic OH excluding ortho intramolecular Hbond substituents is 1. The van der Waals surface area contributed by atoms with E-state index in [0.29, 0.717) is 17.7 Å². The molecule has 0 bridgehead atoms. The fraction of sp³-hybridized carbons (Fsp3) is 0.655. The van der Waals surface area contributed by atoms with Gasteiger partial charge in [0.25, 0.3) is 0 Å². The number of nitrogens with one attached hydrogen (secondary N) is 10. The number of carbonyl (C=O) groups is 11. The van der Waals surface area contributed by atoms with E-state index in [1.165, 1.54) is 55.5 Å². The number of aromatic amines is 1. The second-order valence-electron chi connectivity index (χ2n) is 23.7. The molecule has 1 aromatic heterocycles. The molecule has 492 valence electrons. The molecule has 1 aromatic carbocycles. The molecule has 2 heterocycles. The van der Waals surface area contributed by atoms with E-state index in [9.17, 15) is 83.4 Å². The lowest BCUT2D eigenvalue weighted by molar-refractivity contribution is -0.143. The average Bonchev–Trinajstić information content (AvgIpc) is 4.40. The Morgan fingerprint density at radius 1 is 0.580 bits per heavy atom. The second kappa shape index (κ2) is 35.9. The predicted octanol–water partition coefficient (Wildman–Crippen LogP) is -3.40. The molecule has 14 atom stereocenters. The quantitative estimate of drug-likeness (QED) is 0.0316. The summed E-state index contributed by atoms with van der Waals surface area (Å²) in [4.78, 5) is 160. The van der Waals surface area contributed by atoms with Crippen molar-refractivity contribution in [1.82, 2.24) is 62.7 Å². The fourth-order valence-electron chi connectivity index (χ4n) is 9.65. The van der Waals surface area contributed by atoms with Crippen LogP contribution < -0.4 is 53.6 Å². The van der Waals surface area contributed by atoms with E-state index >= 15 is 0 Å². The van der Waals surface area contributed by atoms with Crippen LogP contribution in [0.1, 0.15) is 119 Å². The van der Waals surface area contributed by atoms with Crippen molar-refractivity contribution in [3.8, 4) is 5.75 Å². The maximum Gasteiger partial charge on any atom is 0.328 e. The van der Waals surface area contributed by atoms with Crippen LogP contribution in [0, 0.1) is 23.7 Å². The van der Waals surface area contributed by atoms with Gasteiger partial charge in [0.05, 0.1) is 31.7 Å². The second-order valence-corrected chi connectivity index (χ2v) is 23.7. The minimum Gasteiger partial charge on any atom is -0.508 e. The number of aliphatic hydroxyl groups excluding tert-OH is 4. The molecule has 2 aromatic rings. The molecular weight excluding hydrogens is 1150 g/mol. The number of carbonyl (C=O) groups excluding carboxylic acids is 10. The van der Waals surface area contributed by atoms with Gasteiger partial charge in [0.2, 0.25) is 59.1 Å². The fourth-order valence-corrected chi connectivity index (χ4v) is 9.65. The summed E-state index contributed by atoms with van der Waals surface area (Å²) in [6.45, 7) is 14.7. The van der Waals surface area contributed by atoms with Gasteiger partial charge in [0.1, 0.15) is 72.2 Å². The molecule has 0 aliphatic carbocycles. The van der Waals surface area contributed by atoms with Gasteiger partial charge in [0, 0.05) is 31.3 Å². The van der Waals surface area contributed by atoms with Crippen molar-refractivity contribution in [1.29, 1.82) is 0 Å². The van der Waals surface area contributed by atoms with E-state index in [2.05, 4.69) is 57.8 Å². The normalized spacial score (nSPS) is 17.7. The van der Waals surface area contributed by atoms with Crippen molar-refractivity contribution < 1.29 is 83.4 Å². The molecule has 1 saturated heterocycles. The van der Waals surface area contributed by atoms with Gasteiger partial charge in [-0.3, -0.25) is 47.9 Å². The molecule has 3 rings (SSSR count). The maximum atomic E-state index is 14.6. The van der Waals surface area contributed by atoms with Gasteiger partial charge < -0.3 is 94.1 Å². The number of aliphatic carboxylic acids is 1. The third-order valence-corrected chi connectivity index (χ3v) is 14.7. The summed E-state index contributed by atoms with van der Waals surface area (Å²) in [6.07, 6.45) is -0.0239. The lowest BCUT2D eigenvalue weighted by Crippen LogP contribution is -2.63. The Bertz CT molecular complexity index is 2660. The first-order chi connectivity index (χ1) is 41.3. The molecule has 0 spiro atoms. The Labute approximate surface area is 511 Å². The highest BCUT2D eigenvalue weighted by Gasteiger charge is 2.42. The number of aromatic nitrogens is 2. The predicted molar refractivity (Wildman–Crippen MR) is 317 cm³/mol. The maximum absolute atomic E-state index is 14.6. The Morgan fingerprint density at radius 2 is 1.02 bits per heavy atom. The largest absolute Gasteiger partial charge is 0.508 e. The highest BCUT2D eigenvalue weighted by molar-refractivity contribution is 5.99. The first kappa shape index (κ1) is 74.5. The van der Waals surface area contributed by atoms with Crippen LogP contribution in [0.4, 0.5) is 0 Å². The van der Waals surface area contributed by atoms with Crippen molar-refractivity contribution in [2.24, 2.45) is 29.4 Å². The molecule has 1 aliphatic rings. The number of aromatic hydroxyl groups is 1. The number of nitrogens with two attached hydrogens (primary N) is 1. The number of rotatable bonds is 36. The van der Waals surface area contributed by atoms with Gasteiger partial charge in [-0.2, -0.15) is 0 Å². The number of imidazole rings is 1. The minimum atomic E-state index is -1.78. The van der Waals surface area contributed by atoms with Gasteiger partial charge in [-0.15, -0.1) is 0 Å². The molecular formula is C58H93N13O17. The first-order valence-corrected chi connectivity index (χ1v) is 29.7. The van der Waals surface area contributed by atoms with Crippen LogP contribution in [0.3, 0.4) is 0 Å². The highest BCUT2D eigenvalue weighted by Crippen LogP contribution is 2.21. The SMILES string of the molecule is CC[C@H](C)[C@H](NC(=O)[C@@H](NC(=O)[C@@H]1CCCN1C(=O)[C@H](Cc1cnc[nH]1)NC(=O)[C@@H](N)CO)[C@@H](C)O)C(=O)N[C@@H](CC(C)C)C(=O)N[C@@H](Cc1ccc(O)cc1)C(=O)N[C@H](C(=O)N[C@@H](CC(C)C)C(=O)N[C@@H](CC(C)C)C(=O)N[C@@H](CO)C(=O)O)[C@@H](C)O. The van der Waals surface area contributed by atoms with Crippen LogP contribution >= 0.6 is 0 Å². The van der Waals surface area contributed by atoms with E-state index in [4.69, 9.17) is 5.73 Å². The topological polar surface area (TPSA) is 475 Å². The Balaban J connectivity index is 1.90. The van der Waals surface area contributed by atoms with Crippen molar-refractivity contribution in [3.05, 3.63) is 48.0 Å². The molecule has 30 heteroatoms. The van der Waals surface area contributed by atoms with Crippen LogP contribution in [-0.4, -0.2) is 209 Å². The third kappa shape index (κ3) is 23.4. The lowest BCUT2D eigenvalue weighted by Gasteiger charge is -2.32. The van der Waals surface area contributed by atoms with E-state index in [1.54, 1.807) is 55.4 Å².